The number of nitrogens with zero attached hydrogens (tertiary/aromatic N) is 1. The Morgan fingerprint density at radius 2 is 2.12 bits per heavy atom. The van der Waals surface area contributed by atoms with E-state index in [2.05, 4.69) is 31.0 Å². The van der Waals surface area contributed by atoms with Crippen LogP contribution in [0.1, 0.15) is 52.9 Å². The molecular formula is C14H30N2. The molecule has 2 heteroatoms. The van der Waals surface area contributed by atoms with Crippen molar-refractivity contribution in [1.29, 1.82) is 0 Å². The Bertz CT molecular complexity index is 164. The highest BCUT2D eigenvalue weighted by atomic mass is 15.1. The average molecular weight is 226 g/mol. The number of piperidine rings is 1. The number of nitrogens with one attached hydrogen (secondary N) is 1. The molecule has 0 aromatic heterocycles. The van der Waals surface area contributed by atoms with Gasteiger partial charge in [0.15, 0.2) is 0 Å². The van der Waals surface area contributed by atoms with Crippen LogP contribution < -0.4 is 5.32 Å². The molecular weight excluding hydrogens is 196 g/mol. The summed E-state index contributed by atoms with van der Waals surface area (Å²) < 4.78 is 0. The highest BCUT2D eigenvalue weighted by Crippen LogP contribution is 2.11. The minimum absolute atomic E-state index is 0.791. The van der Waals surface area contributed by atoms with E-state index >= 15 is 0 Å². The molecule has 2 atom stereocenters. The monoisotopic (exact) mass is 226 g/mol. The van der Waals surface area contributed by atoms with Crippen LogP contribution in [0.3, 0.4) is 0 Å². The van der Waals surface area contributed by atoms with Crippen LogP contribution >= 0.6 is 0 Å². The van der Waals surface area contributed by atoms with Gasteiger partial charge in [-0.3, -0.25) is 0 Å². The van der Waals surface area contributed by atoms with E-state index in [9.17, 15) is 0 Å². The zero-order valence-electron chi connectivity index (χ0n) is 11.5. The topological polar surface area (TPSA) is 15.3 Å². The Morgan fingerprint density at radius 1 is 1.31 bits per heavy atom. The standard InChI is InChI=1S/C14H30N2/c1-4-13(3)12-16(5-2)11-9-14-8-6-7-10-15-14/h13-15H,4-12H2,1-3H3. The summed E-state index contributed by atoms with van der Waals surface area (Å²) >= 11 is 0. The van der Waals surface area contributed by atoms with Crippen LogP contribution in [0.25, 0.3) is 0 Å². The van der Waals surface area contributed by atoms with Gasteiger partial charge in [0.25, 0.3) is 0 Å². The van der Waals surface area contributed by atoms with Gasteiger partial charge in [-0.1, -0.05) is 33.6 Å². The zero-order valence-corrected chi connectivity index (χ0v) is 11.5. The number of rotatable bonds is 7. The fourth-order valence-corrected chi connectivity index (χ4v) is 2.46. The van der Waals surface area contributed by atoms with Crippen molar-refractivity contribution in [2.24, 2.45) is 5.92 Å². The van der Waals surface area contributed by atoms with E-state index in [1.807, 2.05) is 0 Å². The maximum absolute atomic E-state index is 3.64. The van der Waals surface area contributed by atoms with Crippen molar-refractivity contribution in [3.8, 4) is 0 Å². The molecule has 96 valence electrons. The molecule has 1 heterocycles. The summed E-state index contributed by atoms with van der Waals surface area (Å²) in [5, 5.41) is 3.64. The molecule has 0 aromatic rings. The van der Waals surface area contributed by atoms with Crippen LogP contribution in [0.4, 0.5) is 0 Å². The first-order valence-corrected chi connectivity index (χ1v) is 7.22. The lowest BCUT2D eigenvalue weighted by Crippen LogP contribution is -2.38. The van der Waals surface area contributed by atoms with E-state index in [0.717, 1.165) is 12.0 Å². The summed E-state index contributed by atoms with van der Waals surface area (Å²) in [5.41, 5.74) is 0. The van der Waals surface area contributed by atoms with Gasteiger partial charge in [-0.05, 0) is 44.8 Å². The molecule has 0 radical (unpaired) electrons. The van der Waals surface area contributed by atoms with E-state index in [1.54, 1.807) is 0 Å². The summed E-state index contributed by atoms with van der Waals surface area (Å²) in [6, 6.07) is 0.791. The fourth-order valence-electron chi connectivity index (χ4n) is 2.46. The summed E-state index contributed by atoms with van der Waals surface area (Å²) in [4.78, 5) is 2.62. The third kappa shape index (κ3) is 5.31. The van der Waals surface area contributed by atoms with E-state index in [-0.39, 0.29) is 0 Å². The molecule has 0 aromatic carbocycles. The molecule has 1 aliphatic heterocycles. The van der Waals surface area contributed by atoms with Crippen molar-refractivity contribution in [2.75, 3.05) is 26.2 Å². The van der Waals surface area contributed by atoms with Gasteiger partial charge in [0.05, 0.1) is 0 Å². The first-order chi connectivity index (χ1) is 7.76. The maximum atomic E-state index is 3.64. The number of hydrogen-bond donors (Lipinski definition) is 1. The summed E-state index contributed by atoms with van der Waals surface area (Å²) in [5.74, 6) is 0.847. The predicted octanol–water partition coefficient (Wildman–Crippen LogP) is 2.89. The fraction of sp³-hybridized carbons (Fsp3) is 1.00. The first-order valence-electron chi connectivity index (χ1n) is 7.22. The smallest absolute Gasteiger partial charge is 0.00792 e. The Balaban J connectivity index is 2.16. The lowest BCUT2D eigenvalue weighted by Gasteiger charge is -2.28. The van der Waals surface area contributed by atoms with Gasteiger partial charge in [0.2, 0.25) is 0 Å². The summed E-state index contributed by atoms with van der Waals surface area (Å²) in [6.07, 6.45) is 6.83. The van der Waals surface area contributed by atoms with E-state index in [4.69, 9.17) is 0 Å². The van der Waals surface area contributed by atoms with Crippen LogP contribution in [0, 0.1) is 5.92 Å². The van der Waals surface area contributed by atoms with Crippen molar-refractivity contribution in [2.45, 2.75) is 58.9 Å². The highest BCUT2D eigenvalue weighted by molar-refractivity contribution is 4.74. The third-order valence-corrected chi connectivity index (χ3v) is 3.92. The van der Waals surface area contributed by atoms with Gasteiger partial charge in [-0.15, -0.1) is 0 Å². The quantitative estimate of drug-likeness (QED) is 0.718. The largest absolute Gasteiger partial charge is 0.314 e. The van der Waals surface area contributed by atoms with Gasteiger partial charge in [-0.2, -0.15) is 0 Å². The molecule has 1 rings (SSSR count). The molecule has 0 aliphatic carbocycles. The molecule has 16 heavy (non-hydrogen) atoms. The van der Waals surface area contributed by atoms with Gasteiger partial charge >= 0.3 is 0 Å². The molecule has 1 fully saturated rings. The first kappa shape index (κ1) is 14.0. The second-order valence-corrected chi connectivity index (χ2v) is 5.34. The van der Waals surface area contributed by atoms with Crippen molar-refractivity contribution < 1.29 is 0 Å². The minimum Gasteiger partial charge on any atom is -0.314 e. The lowest BCUT2D eigenvalue weighted by atomic mass is 10.0. The van der Waals surface area contributed by atoms with Crippen molar-refractivity contribution in [3.63, 3.8) is 0 Å². The summed E-state index contributed by atoms with van der Waals surface area (Å²) in [6.45, 7) is 11.9. The van der Waals surface area contributed by atoms with E-state index < -0.39 is 0 Å². The Hall–Kier alpha value is -0.0800. The van der Waals surface area contributed by atoms with Gasteiger partial charge in [0, 0.05) is 12.6 Å². The normalized spacial score (nSPS) is 23.6. The SMILES string of the molecule is CCC(C)CN(CC)CCC1CCCCN1. The van der Waals surface area contributed by atoms with Crippen LogP contribution in [0.15, 0.2) is 0 Å². The Morgan fingerprint density at radius 3 is 2.69 bits per heavy atom. The summed E-state index contributed by atoms with van der Waals surface area (Å²) in [7, 11) is 0. The minimum atomic E-state index is 0.791. The molecule has 2 nitrogen and oxygen atoms in total. The lowest BCUT2D eigenvalue weighted by molar-refractivity contribution is 0.225. The van der Waals surface area contributed by atoms with Crippen LogP contribution in [-0.4, -0.2) is 37.1 Å². The third-order valence-electron chi connectivity index (χ3n) is 3.92. The molecule has 0 bridgehead atoms. The molecule has 2 unspecified atom stereocenters. The van der Waals surface area contributed by atoms with Crippen molar-refractivity contribution >= 4 is 0 Å². The second kappa shape index (κ2) is 8.08. The molecule has 0 saturated carbocycles. The predicted molar refractivity (Wildman–Crippen MR) is 71.8 cm³/mol. The second-order valence-electron chi connectivity index (χ2n) is 5.34. The Labute approximate surface area is 102 Å². The van der Waals surface area contributed by atoms with Gasteiger partial charge in [-0.25, -0.2) is 0 Å². The maximum Gasteiger partial charge on any atom is 0.00792 e. The molecule has 0 amide bonds. The number of hydrogen-bond acceptors (Lipinski definition) is 2. The van der Waals surface area contributed by atoms with Crippen molar-refractivity contribution in [1.82, 2.24) is 10.2 Å². The average Bonchev–Trinajstić information content (AvgIpc) is 2.35. The Kier molecular flexibility index (Phi) is 7.06. The van der Waals surface area contributed by atoms with Crippen LogP contribution in [0.2, 0.25) is 0 Å². The zero-order chi connectivity index (χ0) is 11.8. The van der Waals surface area contributed by atoms with E-state index in [0.29, 0.717) is 0 Å². The van der Waals surface area contributed by atoms with Crippen LogP contribution in [0.5, 0.6) is 0 Å². The highest BCUT2D eigenvalue weighted by Gasteiger charge is 2.14. The van der Waals surface area contributed by atoms with Crippen molar-refractivity contribution in [3.05, 3.63) is 0 Å². The van der Waals surface area contributed by atoms with Gasteiger partial charge in [0.1, 0.15) is 0 Å². The molecule has 1 N–H and O–H groups in total. The molecule has 1 aliphatic rings. The van der Waals surface area contributed by atoms with Gasteiger partial charge < -0.3 is 10.2 Å². The van der Waals surface area contributed by atoms with Crippen LogP contribution in [-0.2, 0) is 0 Å². The molecule has 0 spiro atoms. The van der Waals surface area contributed by atoms with E-state index in [1.165, 1.54) is 58.3 Å². The molecule has 1 saturated heterocycles.